The van der Waals surface area contributed by atoms with Crippen LogP contribution in [0.2, 0.25) is 0 Å². The molecule has 1 aromatic carbocycles. The van der Waals surface area contributed by atoms with Gasteiger partial charge >= 0.3 is 6.18 Å². The summed E-state index contributed by atoms with van der Waals surface area (Å²) in [6.07, 6.45) is 0.117. The molecule has 31 heavy (non-hydrogen) atoms. The predicted molar refractivity (Wildman–Crippen MR) is 111 cm³/mol. The van der Waals surface area contributed by atoms with Crippen LogP contribution in [-0.2, 0) is 6.42 Å². The van der Waals surface area contributed by atoms with Crippen LogP contribution in [-0.4, -0.2) is 20.8 Å². The molecule has 1 unspecified atom stereocenters. The fraction of sp³-hybridized carbons (Fsp3) is 0.261. The van der Waals surface area contributed by atoms with Gasteiger partial charge in [-0.2, -0.15) is 18.4 Å². The first-order valence-electron chi connectivity index (χ1n) is 9.84. The number of alkyl halides is 3. The molecule has 158 valence electrons. The summed E-state index contributed by atoms with van der Waals surface area (Å²) < 4.78 is 40.3. The lowest BCUT2D eigenvalue weighted by atomic mass is 9.93. The zero-order valence-electron chi connectivity index (χ0n) is 16.9. The highest BCUT2D eigenvalue weighted by Gasteiger charge is 2.38. The lowest BCUT2D eigenvalue weighted by Gasteiger charge is -2.19. The summed E-state index contributed by atoms with van der Waals surface area (Å²) >= 11 is 0. The van der Waals surface area contributed by atoms with E-state index >= 15 is 0 Å². The van der Waals surface area contributed by atoms with Crippen molar-refractivity contribution in [1.82, 2.24) is 14.6 Å². The molecule has 2 aromatic heterocycles. The number of aryl methyl sites for hydroxylation is 1. The van der Waals surface area contributed by atoms with Crippen molar-refractivity contribution in [3.8, 4) is 17.2 Å². The number of hydrogen-bond donors (Lipinski definition) is 1. The quantitative estimate of drug-likeness (QED) is 0.646. The average molecular weight is 424 g/mol. The van der Waals surface area contributed by atoms with Crippen molar-refractivity contribution >= 4 is 11.2 Å². The summed E-state index contributed by atoms with van der Waals surface area (Å²) in [5.41, 5.74) is 4.17. The first-order valence-corrected chi connectivity index (χ1v) is 9.84. The Bertz CT molecular complexity index is 1320. The van der Waals surface area contributed by atoms with Gasteiger partial charge in [-0.25, -0.2) is 9.50 Å². The van der Waals surface area contributed by atoms with E-state index in [1.807, 2.05) is 6.92 Å². The molecule has 5 nitrogen and oxygen atoms in total. The minimum atomic E-state index is -4.30. The number of hydrogen-bond acceptors (Lipinski definition) is 3. The Morgan fingerprint density at radius 2 is 2.00 bits per heavy atom. The molecular weight excluding hydrogens is 405 g/mol. The van der Waals surface area contributed by atoms with Crippen molar-refractivity contribution < 1.29 is 13.2 Å². The third kappa shape index (κ3) is 3.56. The minimum Gasteiger partial charge on any atom is -0.293 e. The molecule has 2 heterocycles. The largest absolute Gasteiger partial charge is 0.395 e. The third-order valence-electron chi connectivity index (χ3n) is 5.53. The van der Waals surface area contributed by atoms with E-state index in [1.54, 1.807) is 31.2 Å². The molecule has 0 amide bonds. The number of nitrogens with one attached hydrogen (secondary N) is 1. The van der Waals surface area contributed by atoms with Gasteiger partial charge in [0.05, 0.1) is 23.2 Å². The Kier molecular flexibility index (Phi) is 5.05. The topological polar surface area (TPSA) is 73.9 Å². The molecule has 3 aromatic rings. The van der Waals surface area contributed by atoms with Gasteiger partial charge in [0.2, 0.25) is 0 Å². The smallest absolute Gasteiger partial charge is 0.293 e. The molecule has 0 radical (unpaired) electrons. The molecule has 0 saturated carbocycles. The highest BCUT2D eigenvalue weighted by Crippen LogP contribution is 2.36. The van der Waals surface area contributed by atoms with Gasteiger partial charge in [-0.05, 0) is 43.0 Å². The lowest BCUT2D eigenvalue weighted by Crippen LogP contribution is -2.23. The summed E-state index contributed by atoms with van der Waals surface area (Å²) in [6.45, 7) is 3.57. The van der Waals surface area contributed by atoms with E-state index in [0.29, 0.717) is 34.5 Å². The molecule has 1 aliphatic rings. The van der Waals surface area contributed by atoms with Gasteiger partial charge in [-0.15, -0.1) is 0 Å². The first kappa shape index (κ1) is 20.7. The van der Waals surface area contributed by atoms with Crippen molar-refractivity contribution in [2.24, 2.45) is 5.92 Å². The molecule has 0 aliphatic heterocycles. The Balaban J connectivity index is 1.89. The maximum atomic E-state index is 13.0. The van der Waals surface area contributed by atoms with Gasteiger partial charge in [0.15, 0.2) is 5.65 Å². The number of aromatic amines is 1. The van der Waals surface area contributed by atoms with Crippen LogP contribution in [0.5, 0.6) is 0 Å². The van der Waals surface area contributed by atoms with E-state index in [1.165, 1.54) is 16.7 Å². The molecule has 1 atom stereocenters. The van der Waals surface area contributed by atoms with Crippen molar-refractivity contribution in [2.75, 3.05) is 0 Å². The van der Waals surface area contributed by atoms with E-state index in [4.69, 9.17) is 10.2 Å². The number of benzene rings is 1. The Morgan fingerprint density at radius 1 is 1.29 bits per heavy atom. The number of aromatic nitrogens is 3. The highest BCUT2D eigenvalue weighted by atomic mass is 19.4. The maximum Gasteiger partial charge on any atom is 0.395 e. The van der Waals surface area contributed by atoms with E-state index < -0.39 is 12.1 Å². The van der Waals surface area contributed by atoms with Crippen LogP contribution in [0.4, 0.5) is 13.2 Å². The van der Waals surface area contributed by atoms with Crippen LogP contribution >= 0.6 is 0 Å². The first-order chi connectivity index (χ1) is 14.7. The monoisotopic (exact) mass is 424 g/mol. The van der Waals surface area contributed by atoms with Crippen LogP contribution in [0.15, 0.2) is 47.3 Å². The highest BCUT2D eigenvalue weighted by molar-refractivity contribution is 5.83. The Labute approximate surface area is 176 Å². The van der Waals surface area contributed by atoms with Crippen LogP contribution in [0.1, 0.15) is 35.9 Å². The molecule has 0 bridgehead atoms. The molecule has 1 N–H and O–H groups in total. The maximum absolute atomic E-state index is 13.0. The van der Waals surface area contributed by atoms with Crippen molar-refractivity contribution in [2.45, 2.75) is 32.9 Å². The zero-order chi connectivity index (χ0) is 22.3. The summed E-state index contributed by atoms with van der Waals surface area (Å²) in [6, 6.07) is 9.04. The second kappa shape index (κ2) is 7.58. The van der Waals surface area contributed by atoms with Crippen LogP contribution < -0.4 is 5.56 Å². The summed E-state index contributed by atoms with van der Waals surface area (Å²) in [4.78, 5) is 17.7. The van der Waals surface area contributed by atoms with Crippen molar-refractivity contribution in [3.05, 3.63) is 75.4 Å². The summed E-state index contributed by atoms with van der Waals surface area (Å²) in [5.74, 6) is -1.53. The number of H-pyrrole nitrogens is 1. The summed E-state index contributed by atoms with van der Waals surface area (Å²) in [5, 5.41) is 12.1. The van der Waals surface area contributed by atoms with Crippen molar-refractivity contribution in [3.63, 3.8) is 0 Å². The van der Waals surface area contributed by atoms with Gasteiger partial charge in [0.25, 0.3) is 5.56 Å². The minimum absolute atomic E-state index is 0.189. The number of nitrogens with zero attached hydrogens (tertiary/aromatic N) is 3. The molecule has 0 fully saturated rings. The number of fused-ring (bicyclic) bond motifs is 1. The number of rotatable bonds is 3. The molecule has 0 spiro atoms. The molecule has 1 aliphatic carbocycles. The third-order valence-corrected chi connectivity index (χ3v) is 5.53. The van der Waals surface area contributed by atoms with Gasteiger partial charge in [0.1, 0.15) is 0 Å². The van der Waals surface area contributed by atoms with Gasteiger partial charge < -0.3 is 0 Å². The number of nitriles is 1. The van der Waals surface area contributed by atoms with Crippen molar-refractivity contribution in [1.29, 1.82) is 5.26 Å². The fourth-order valence-corrected chi connectivity index (χ4v) is 3.79. The molecule has 0 saturated heterocycles. The molecular formula is C23H19F3N4O. The van der Waals surface area contributed by atoms with E-state index in [2.05, 4.69) is 11.2 Å². The number of allylic oxidation sites excluding steroid dienone is 4. The standard InChI is InChI=1S/C23H19F3N4O/c1-3-18-19(15-6-4-14(12-27)5-7-15)21-28-20(13(2)22(31)30(21)29-18)16-8-10-17(11-9-16)23(24,25)26/h4-10,17,29H,3,11H2,1-2H3. The second-order valence-corrected chi connectivity index (χ2v) is 7.46. The van der Waals surface area contributed by atoms with E-state index in [0.717, 1.165) is 22.9 Å². The molecule has 4 rings (SSSR count). The van der Waals surface area contributed by atoms with Crippen LogP contribution in [0.3, 0.4) is 0 Å². The SMILES string of the molecule is CCc1[nH]n2c(=O)c(C)c(C3=CCC(C(F)(F)F)C=C3)nc2c1-c1ccc(C#N)cc1. The van der Waals surface area contributed by atoms with Gasteiger partial charge in [0, 0.05) is 16.8 Å². The van der Waals surface area contributed by atoms with E-state index in [9.17, 15) is 18.0 Å². The van der Waals surface area contributed by atoms with Gasteiger partial charge in [-0.3, -0.25) is 9.89 Å². The summed E-state index contributed by atoms with van der Waals surface area (Å²) in [7, 11) is 0. The average Bonchev–Trinajstić information content (AvgIpc) is 3.14. The Hall–Kier alpha value is -3.60. The predicted octanol–water partition coefficient (Wildman–Crippen LogP) is 4.95. The van der Waals surface area contributed by atoms with E-state index in [-0.39, 0.29) is 12.0 Å². The van der Waals surface area contributed by atoms with Crippen LogP contribution in [0.25, 0.3) is 22.3 Å². The van der Waals surface area contributed by atoms with Crippen LogP contribution in [0, 0.1) is 24.2 Å². The normalized spacial score (nSPS) is 16.4. The van der Waals surface area contributed by atoms with Gasteiger partial charge in [-0.1, -0.05) is 37.3 Å². The Morgan fingerprint density at radius 3 is 2.55 bits per heavy atom. The molecule has 8 heteroatoms. The number of halogens is 3. The second-order valence-electron chi connectivity index (χ2n) is 7.46. The lowest BCUT2D eigenvalue weighted by molar-refractivity contribution is -0.160. The zero-order valence-corrected chi connectivity index (χ0v) is 16.9. The fourth-order valence-electron chi connectivity index (χ4n) is 3.79.